The lowest BCUT2D eigenvalue weighted by Gasteiger charge is -2.24. The van der Waals surface area contributed by atoms with Crippen molar-refractivity contribution in [3.05, 3.63) is 60.2 Å². The Balaban J connectivity index is 1.58. The molecule has 1 aliphatic carbocycles. The topological polar surface area (TPSA) is 9.23 Å². The first-order valence-electron chi connectivity index (χ1n) is 11.3. The van der Waals surface area contributed by atoms with Gasteiger partial charge in [0.2, 0.25) is 0 Å². The van der Waals surface area contributed by atoms with Crippen LogP contribution < -0.4 is 4.74 Å². The lowest BCUT2D eigenvalue weighted by molar-refractivity contribution is 0.340. The van der Waals surface area contributed by atoms with Crippen molar-refractivity contribution in [2.24, 2.45) is 11.8 Å². The molecule has 0 fully saturated rings. The van der Waals surface area contributed by atoms with Crippen molar-refractivity contribution in [2.45, 2.75) is 65.7 Å². The summed E-state index contributed by atoms with van der Waals surface area (Å²) in [7, 11) is 0. The van der Waals surface area contributed by atoms with Crippen molar-refractivity contribution in [1.82, 2.24) is 0 Å². The molecule has 0 saturated heterocycles. The quantitative estimate of drug-likeness (QED) is 0.429. The highest BCUT2D eigenvalue weighted by atomic mass is 16.5. The third kappa shape index (κ3) is 5.50. The Morgan fingerprint density at radius 1 is 0.857 bits per heavy atom. The Morgan fingerprint density at radius 2 is 1.46 bits per heavy atom. The van der Waals surface area contributed by atoms with Crippen LogP contribution >= 0.6 is 0 Å². The van der Waals surface area contributed by atoms with Gasteiger partial charge >= 0.3 is 0 Å². The van der Waals surface area contributed by atoms with Gasteiger partial charge in [-0.2, -0.15) is 0 Å². The van der Waals surface area contributed by atoms with E-state index in [0.717, 1.165) is 17.6 Å². The zero-order chi connectivity index (χ0) is 19.8. The summed E-state index contributed by atoms with van der Waals surface area (Å²) >= 11 is 0. The second-order valence-corrected chi connectivity index (χ2v) is 8.16. The average Bonchev–Trinajstić information content (AvgIpc) is 2.76. The molecule has 0 radical (unpaired) electrons. The SMILES string of the molecule is CCOc1ccc(-c2ccc(C3=CCC(CCC(CC)CC)CC3)cc2)cc1. The number of hydrogen-bond donors (Lipinski definition) is 0. The standard InChI is InChI=1S/C27H36O/c1-4-21(5-2)7-8-22-9-11-23(12-10-22)24-13-15-25(16-14-24)26-17-19-27(20-18-26)28-6-3/h11,13-22H,4-10,12H2,1-3H3. The molecule has 0 bridgehead atoms. The largest absolute Gasteiger partial charge is 0.494 e. The number of allylic oxidation sites excluding steroid dienone is 2. The first-order valence-corrected chi connectivity index (χ1v) is 11.3. The minimum Gasteiger partial charge on any atom is -0.494 e. The third-order valence-electron chi connectivity index (χ3n) is 6.41. The van der Waals surface area contributed by atoms with Crippen LogP contribution in [0.5, 0.6) is 5.75 Å². The second-order valence-electron chi connectivity index (χ2n) is 8.16. The Labute approximate surface area is 171 Å². The predicted molar refractivity (Wildman–Crippen MR) is 122 cm³/mol. The van der Waals surface area contributed by atoms with Gasteiger partial charge in [-0.05, 0) is 78.8 Å². The van der Waals surface area contributed by atoms with Crippen molar-refractivity contribution < 1.29 is 4.74 Å². The van der Waals surface area contributed by atoms with Gasteiger partial charge in [-0.15, -0.1) is 0 Å². The van der Waals surface area contributed by atoms with E-state index in [9.17, 15) is 0 Å². The van der Waals surface area contributed by atoms with Crippen LogP contribution in [-0.4, -0.2) is 6.61 Å². The molecule has 1 nitrogen and oxygen atoms in total. The highest BCUT2D eigenvalue weighted by molar-refractivity contribution is 5.71. The molecule has 0 aliphatic heterocycles. The van der Waals surface area contributed by atoms with Gasteiger partial charge in [-0.1, -0.05) is 75.6 Å². The molecule has 1 unspecified atom stereocenters. The monoisotopic (exact) mass is 376 g/mol. The van der Waals surface area contributed by atoms with Gasteiger partial charge < -0.3 is 4.74 Å². The van der Waals surface area contributed by atoms with Crippen LogP contribution in [0.3, 0.4) is 0 Å². The molecule has 0 heterocycles. The molecule has 0 aromatic heterocycles. The van der Waals surface area contributed by atoms with Crippen LogP contribution in [-0.2, 0) is 0 Å². The Kier molecular flexibility index (Phi) is 7.77. The molecule has 2 aromatic rings. The number of ether oxygens (including phenoxy) is 1. The fraction of sp³-hybridized carbons (Fsp3) is 0.481. The van der Waals surface area contributed by atoms with Gasteiger partial charge in [0.25, 0.3) is 0 Å². The molecule has 0 amide bonds. The lowest BCUT2D eigenvalue weighted by atomic mass is 9.82. The lowest BCUT2D eigenvalue weighted by Crippen LogP contribution is -2.08. The predicted octanol–water partition coefficient (Wildman–Crippen LogP) is 8.15. The van der Waals surface area contributed by atoms with Gasteiger partial charge in [-0.25, -0.2) is 0 Å². The van der Waals surface area contributed by atoms with E-state index in [1.165, 1.54) is 67.2 Å². The molecule has 1 aliphatic rings. The Hall–Kier alpha value is -2.02. The van der Waals surface area contributed by atoms with Crippen LogP contribution in [0.15, 0.2) is 54.6 Å². The molecule has 150 valence electrons. The zero-order valence-corrected chi connectivity index (χ0v) is 17.9. The van der Waals surface area contributed by atoms with E-state index in [-0.39, 0.29) is 0 Å². The van der Waals surface area contributed by atoms with Gasteiger partial charge in [0.05, 0.1) is 6.61 Å². The van der Waals surface area contributed by atoms with Crippen molar-refractivity contribution in [3.8, 4) is 16.9 Å². The molecule has 0 spiro atoms. The highest BCUT2D eigenvalue weighted by Crippen LogP contribution is 2.34. The second kappa shape index (κ2) is 10.5. The third-order valence-corrected chi connectivity index (χ3v) is 6.41. The smallest absolute Gasteiger partial charge is 0.119 e. The van der Waals surface area contributed by atoms with E-state index in [1.54, 1.807) is 0 Å². The summed E-state index contributed by atoms with van der Waals surface area (Å²) in [6.07, 6.45) is 11.9. The van der Waals surface area contributed by atoms with Crippen molar-refractivity contribution in [2.75, 3.05) is 6.61 Å². The molecule has 0 saturated carbocycles. The molecule has 28 heavy (non-hydrogen) atoms. The van der Waals surface area contributed by atoms with Crippen molar-refractivity contribution in [3.63, 3.8) is 0 Å². The molecular weight excluding hydrogens is 340 g/mol. The fourth-order valence-electron chi connectivity index (χ4n) is 4.37. The van der Waals surface area contributed by atoms with Gasteiger partial charge in [0, 0.05) is 0 Å². The number of rotatable bonds is 9. The normalized spacial score (nSPS) is 16.9. The highest BCUT2D eigenvalue weighted by Gasteiger charge is 2.17. The first-order chi connectivity index (χ1) is 13.7. The van der Waals surface area contributed by atoms with E-state index in [2.05, 4.69) is 68.5 Å². The minimum atomic E-state index is 0.710. The maximum atomic E-state index is 5.54. The van der Waals surface area contributed by atoms with Gasteiger partial charge in [0.15, 0.2) is 0 Å². The van der Waals surface area contributed by atoms with E-state index >= 15 is 0 Å². The van der Waals surface area contributed by atoms with E-state index < -0.39 is 0 Å². The molecule has 0 N–H and O–H groups in total. The van der Waals surface area contributed by atoms with Crippen LogP contribution in [0.25, 0.3) is 16.7 Å². The molecular formula is C27H36O. The van der Waals surface area contributed by atoms with Crippen molar-refractivity contribution >= 4 is 5.57 Å². The number of hydrogen-bond acceptors (Lipinski definition) is 1. The maximum absolute atomic E-state index is 5.54. The van der Waals surface area contributed by atoms with Crippen LogP contribution in [0.2, 0.25) is 0 Å². The summed E-state index contributed by atoms with van der Waals surface area (Å²) in [5.74, 6) is 2.77. The fourth-order valence-corrected chi connectivity index (χ4v) is 4.37. The first kappa shape index (κ1) is 20.7. The van der Waals surface area contributed by atoms with E-state index in [0.29, 0.717) is 6.61 Å². The molecule has 3 rings (SSSR count). The average molecular weight is 377 g/mol. The summed E-state index contributed by atoms with van der Waals surface area (Å²) in [6, 6.07) is 17.5. The van der Waals surface area contributed by atoms with Crippen LogP contribution in [0, 0.1) is 11.8 Å². The molecule has 1 heteroatoms. The van der Waals surface area contributed by atoms with E-state index in [1.807, 2.05) is 6.92 Å². The summed E-state index contributed by atoms with van der Waals surface area (Å²) < 4.78 is 5.54. The number of benzene rings is 2. The summed E-state index contributed by atoms with van der Waals surface area (Å²) in [4.78, 5) is 0. The minimum absolute atomic E-state index is 0.710. The van der Waals surface area contributed by atoms with Crippen LogP contribution in [0.1, 0.15) is 71.3 Å². The molecule has 1 atom stereocenters. The van der Waals surface area contributed by atoms with Crippen LogP contribution in [0.4, 0.5) is 0 Å². The maximum Gasteiger partial charge on any atom is 0.119 e. The summed E-state index contributed by atoms with van der Waals surface area (Å²) in [5.41, 5.74) is 5.45. The van der Waals surface area contributed by atoms with Gasteiger partial charge in [-0.3, -0.25) is 0 Å². The van der Waals surface area contributed by atoms with E-state index in [4.69, 9.17) is 4.74 Å². The molecule has 2 aromatic carbocycles. The summed E-state index contributed by atoms with van der Waals surface area (Å²) in [5, 5.41) is 0. The van der Waals surface area contributed by atoms with Crippen molar-refractivity contribution in [1.29, 1.82) is 0 Å². The van der Waals surface area contributed by atoms with Gasteiger partial charge in [0.1, 0.15) is 5.75 Å². The Bertz CT molecular complexity index is 735. The Morgan fingerprint density at radius 3 is 2.00 bits per heavy atom. The summed E-state index contributed by atoms with van der Waals surface area (Å²) in [6.45, 7) is 7.40. The zero-order valence-electron chi connectivity index (χ0n) is 17.9.